The summed E-state index contributed by atoms with van der Waals surface area (Å²) in [4.78, 5) is 37.1. The number of benzene rings is 2. The normalized spacial score (nSPS) is 11.7. The van der Waals surface area contributed by atoms with Gasteiger partial charge in [0.05, 0.1) is 0 Å². The summed E-state index contributed by atoms with van der Waals surface area (Å²) in [6, 6.07) is 7.94. The minimum atomic E-state index is -0.946. The molecule has 0 bridgehead atoms. The molecule has 2 aromatic rings. The lowest BCUT2D eigenvalue weighted by atomic mass is 10.0. The number of ether oxygens (including phenoxy) is 1. The molecule has 0 fully saturated rings. The zero-order chi connectivity index (χ0) is 22.4. The third-order valence-electron chi connectivity index (χ3n) is 4.60. The Labute approximate surface area is 175 Å². The molecule has 0 spiro atoms. The van der Waals surface area contributed by atoms with Gasteiger partial charge in [-0.1, -0.05) is 31.5 Å². The molecule has 2 aromatic carbocycles. The van der Waals surface area contributed by atoms with Crippen molar-refractivity contribution in [2.75, 3.05) is 11.9 Å². The highest BCUT2D eigenvalue weighted by Gasteiger charge is 2.27. The van der Waals surface area contributed by atoms with Crippen LogP contribution in [0.1, 0.15) is 40.9 Å². The van der Waals surface area contributed by atoms with Crippen molar-refractivity contribution in [3.05, 3.63) is 64.5 Å². The number of amides is 2. The Morgan fingerprint density at radius 2 is 1.57 bits per heavy atom. The predicted molar refractivity (Wildman–Crippen MR) is 113 cm³/mol. The summed E-state index contributed by atoms with van der Waals surface area (Å²) in [7, 11) is 0. The van der Waals surface area contributed by atoms with Gasteiger partial charge in [-0.2, -0.15) is 0 Å². The summed E-state index contributed by atoms with van der Waals surface area (Å²) in [5, 5.41) is 5.34. The van der Waals surface area contributed by atoms with Gasteiger partial charge in [0, 0.05) is 11.3 Å². The van der Waals surface area contributed by atoms with Crippen molar-refractivity contribution in [1.29, 1.82) is 0 Å². The van der Waals surface area contributed by atoms with Crippen LogP contribution in [0.2, 0.25) is 0 Å². The van der Waals surface area contributed by atoms with E-state index in [1.54, 1.807) is 13.8 Å². The first kappa shape index (κ1) is 23.1. The molecule has 2 N–H and O–H groups in total. The van der Waals surface area contributed by atoms with Crippen molar-refractivity contribution in [2.45, 2.75) is 40.7 Å². The fourth-order valence-corrected chi connectivity index (χ4v) is 3.10. The van der Waals surface area contributed by atoms with E-state index < -0.39 is 36.2 Å². The Hall–Kier alpha value is -3.22. The third kappa shape index (κ3) is 6.14. The standard InChI is InChI=1S/C23H27FN2O4/c1-13(2)20(26-22(28)17-6-8-18(24)9-7-17)23(29)30-12-19(27)25-21-15(4)10-14(3)11-16(21)5/h6-11,13,20H,12H2,1-5H3,(H,25,27)(H,26,28)/t20-/m0/s1. The van der Waals surface area contributed by atoms with Gasteiger partial charge in [-0.05, 0) is 62.1 Å². The van der Waals surface area contributed by atoms with Gasteiger partial charge in [-0.15, -0.1) is 0 Å². The molecular weight excluding hydrogens is 387 g/mol. The van der Waals surface area contributed by atoms with E-state index in [-0.39, 0.29) is 11.5 Å². The lowest BCUT2D eigenvalue weighted by molar-refractivity contribution is -0.150. The van der Waals surface area contributed by atoms with Gasteiger partial charge in [0.1, 0.15) is 11.9 Å². The summed E-state index contributed by atoms with van der Waals surface area (Å²) >= 11 is 0. The Kier molecular flexibility index (Phi) is 7.69. The van der Waals surface area contributed by atoms with Crippen LogP contribution in [0, 0.1) is 32.5 Å². The van der Waals surface area contributed by atoms with E-state index in [2.05, 4.69) is 10.6 Å². The Bertz CT molecular complexity index is 916. The lowest BCUT2D eigenvalue weighted by Gasteiger charge is -2.21. The number of esters is 1. The zero-order valence-electron chi connectivity index (χ0n) is 17.8. The fourth-order valence-electron chi connectivity index (χ4n) is 3.10. The molecule has 0 saturated carbocycles. The van der Waals surface area contributed by atoms with Gasteiger partial charge in [0.25, 0.3) is 11.8 Å². The first-order chi connectivity index (χ1) is 14.1. The maximum absolute atomic E-state index is 13.0. The second kappa shape index (κ2) is 10.0. The Morgan fingerprint density at radius 1 is 1.00 bits per heavy atom. The number of nitrogens with one attached hydrogen (secondary N) is 2. The summed E-state index contributed by atoms with van der Waals surface area (Å²) in [5.41, 5.74) is 3.83. The van der Waals surface area contributed by atoms with Crippen LogP contribution in [0.4, 0.5) is 10.1 Å². The minimum absolute atomic E-state index is 0.220. The van der Waals surface area contributed by atoms with Crippen LogP contribution < -0.4 is 10.6 Å². The van der Waals surface area contributed by atoms with E-state index in [4.69, 9.17) is 4.74 Å². The molecule has 2 amide bonds. The van der Waals surface area contributed by atoms with Crippen LogP contribution in [-0.4, -0.2) is 30.4 Å². The molecule has 0 saturated heterocycles. The number of carbonyl (C=O) groups excluding carboxylic acids is 3. The predicted octanol–water partition coefficient (Wildman–Crippen LogP) is 3.69. The summed E-state index contributed by atoms with van der Waals surface area (Å²) in [6.07, 6.45) is 0. The van der Waals surface area contributed by atoms with E-state index in [0.29, 0.717) is 5.69 Å². The molecule has 0 aliphatic heterocycles. The average molecular weight is 414 g/mol. The molecule has 160 valence electrons. The van der Waals surface area contributed by atoms with Crippen molar-refractivity contribution in [3.63, 3.8) is 0 Å². The zero-order valence-corrected chi connectivity index (χ0v) is 17.8. The second-order valence-electron chi connectivity index (χ2n) is 7.63. The maximum atomic E-state index is 13.0. The van der Waals surface area contributed by atoms with E-state index >= 15 is 0 Å². The van der Waals surface area contributed by atoms with Crippen molar-refractivity contribution in [3.8, 4) is 0 Å². The van der Waals surface area contributed by atoms with Crippen LogP contribution in [0.25, 0.3) is 0 Å². The number of rotatable bonds is 7. The van der Waals surface area contributed by atoms with Crippen molar-refractivity contribution in [2.24, 2.45) is 5.92 Å². The smallest absolute Gasteiger partial charge is 0.329 e. The lowest BCUT2D eigenvalue weighted by Crippen LogP contribution is -2.46. The van der Waals surface area contributed by atoms with Crippen molar-refractivity contribution >= 4 is 23.5 Å². The number of anilines is 1. The average Bonchev–Trinajstić information content (AvgIpc) is 2.67. The molecule has 0 aliphatic rings. The molecule has 6 nitrogen and oxygen atoms in total. The van der Waals surface area contributed by atoms with Crippen molar-refractivity contribution < 1.29 is 23.5 Å². The van der Waals surface area contributed by atoms with E-state index in [1.165, 1.54) is 12.1 Å². The molecule has 0 heterocycles. The highest BCUT2D eigenvalue weighted by atomic mass is 19.1. The van der Waals surface area contributed by atoms with E-state index in [9.17, 15) is 18.8 Å². The summed E-state index contributed by atoms with van der Waals surface area (Å²) < 4.78 is 18.2. The number of hydrogen-bond acceptors (Lipinski definition) is 4. The molecule has 7 heteroatoms. The maximum Gasteiger partial charge on any atom is 0.329 e. The number of carbonyl (C=O) groups is 3. The Morgan fingerprint density at radius 3 is 2.10 bits per heavy atom. The van der Waals surface area contributed by atoms with Crippen molar-refractivity contribution in [1.82, 2.24) is 5.32 Å². The first-order valence-electron chi connectivity index (χ1n) is 9.69. The van der Waals surface area contributed by atoms with Gasteiger partial charge in [-0.25, -0.2) is 9.18 Å². The molecule has 1 atom stereocenters. The fraction of sp³-hybridized carbons (Fsp3) is 0.348. The molecular formula is C23H27FN2O4. The van der Waals surface area contributed by atoms with Crippen LogP contribution in [-0.2, 0) is 14.3 Å². The van der Waals surface area contributed by atoms with Gasteiger partial charge in [-0.3, -0.25) is 9.59 Å². The molecule has 0 aliphatic carbocycles. The summed E-state index contributed by atoms with van der Waals surface area (Å²) in [5.74, 6) is -2.44. The molecule has 30 heavy (non-hydrogen) atoms. The SMILES string of the molecule is Cc1cc(C)c(NC(=O)COC(=O)[C@@H](NC(=O)c2ccc(F)cc2)C(C)C)c(C)c1. The third-order valence-corrected chi connectivity index (χ3v) is 4.60. The topological polar surface area (TPSA) is 84.5 Å². The van der Waals surface area contributed by atoms with Crippen LogP contribution in [0.5, 0.6) is 0 Å². The van der Waals surface area contributed by atoms with Crippen LogP contribution in [0.3, 0.4) is 0 Å². The molecule has 0 unspecified atom stereocenters. The first-order valence-corrected chi connectivity index (χ1v) is 9.69. The van der Waals surface area contributed by atoms with E-state index in [1.807, 2.05) is 32.9 Å². The largest absolute Gasteiger partial charge is 0.454 e. The number of aryl methyl sites for hydroxylation is 3. The monoisotopic (exact) mass is 414 g/mol. The quantitative estimate of drug-likeness (QED) is 0.677. The Balaban J connectivity index is 1.97. The van der Waals surface area contributed by atoms with Gasteiger partial charge < -0.3 is 15.4 Å². The van der Waals surface area contributed by atoms with Crippen LogP contribution >= 0.6 is 0 Å². The minimum Gasteiger partial charge on any atom is -0.454 e. The summed E-state index contributed by atoms with van der Waals surface area (Å²) in [6.45, 7) is 8.77. The van der Waals surface area contributed by atoms with Gasteiger partial charge in [0.2, 0.25) is 0 Å². The highest BCUT2D eigenvalue weighted by Crippen LogP contribution is 2.21. The van der Waals surface area contributed by atoms with Gasteiger partial charge >= 0.3 is 5.97 Å². The molecule has 0 radical (unpaired) electrons. The van der Waals surface area contributed by atoms with E-state index in [0.717, 1.165) is 28.8 Å². The number of hydrogen-bond donors (Lipinski definition) is 2. The highest BCUT2D eigenvalue weighted by molar-refractivity contribution is 5.98. The molecule has 0 aromatic heterocycles. The van der Waals surface area contributed by atoms with Gasteiger partial charge in [0.15, 0.2) is 6.61 Å². The number of halogens is 1. The second-order valence-corrected chi connectivity index (χ2v) is 7.63. The molecule has 2 rings (SSSR count). The van der Waals surface area contributed by atoms with Crippen LogP contribution in [0.15, 0.2) is 36.4 Å².